The van der Waals surface area contributed by atoms with E-state index in [4.69, 9.17) is 5.11 Å². The first-order valence-corrected chi connectivity index (χ1v) is 6.93. The zero-order valence-electron chi connectivity index (χ0n) is 9.00. The van der Waals surface area contributed by atoms with Gasteiger partial charge in [0.1, 0.15) is 6.04 Å². The van der Waals surface area contributed by atoms with Gasteiger partial charge in [-0.15, -0.1) is 0 Å². The lowest BCUT2D eigenvalue weighted by Gasteiger charge is -2.39. The second kappa shape index (κ2) is 4.31. The molecule has 1 atom stereocenters. The molecule has 2 fully saturated rings. The minimum Gasteiger partial charge on any atom is -0.480 e. The van der Waals surface area contributed by atoms with Crippen LogP contribution >= 0.6 is 0 Å². The fraction of sp³-hybridized carbons (Fsp3) is 0.889. The summed E-state index contributed by atoms with van der Waals surface area (Å²) >= 11 is 0. The standard InChI is InChI=1S/C9H16N2O4S/c12-9(13)8-4-1-2-7-11(8)16(14,15)10-5-3-6-10/h8H,1-7H2,(H,12,13). The molecule has 2 heterocycles. The van der Waals surface area contributed by atoms with Gasteiger partial charge in [0.15, 0.2) is 0 Å². The van der Waals surface area contributed by atoms with Crippen LogP contribution in [0.3, 0.4) is 0 Å². The zero-order chi connectivity index (χ0) is 11.8. The third kappa shape index (κ3) is 1.94. The van der Waals surface area contributed by atoms with E-state index in [-0.39, 0.29) is 0 Å². The predicted octanol–water partition coefficient (Wildman–Crippen LogP) is -0.124. The molecule has 2 aliphatic heterocycles. The Morgan fingerprint density at radius 3 is 2.31 bits per heavy atom. The van der Waals surface area contributed by atoms with Crippen LogP contribution in [0.5, 0.6) is 0 Å². The van der Waals surface area contributed by atoms with Crippen molar-refractivity contribution in [2.45, 2.75) is 31.7 Å². The molecule has 6 nitrogen and oxygen atoms in total. The van der Waals surface area contributed by atoms with Gasteiger partial charge < -0.3 is 5.11 Å². The number of hydrogen-bond acceptors (Lipinski definition) is 3. The van der Waals surface area contributed by atoms with Crippen LogP contribution in [0.15, 0.2) is 0 Å². The Morgan fingerprint density at radius 1 is 1.12 bits per heavy atom. The average Bonchev–Trinajstić information content (AvgIpc) is 2.14. The minimum atomic E-state index is -3.53. The van der Waals surface area contributed by atoms with Crippen molar-refractivity contribution in [3.05, 3.63) is 0 Å². The van der Waals surface area contributed by atoms with Crippen LogP contribution in [0, 0.1) is 0 Å². The molecule has 0 amide bonds. The van der Waals surface area contributed by atoms with Gasteiger partial charge in [-0.2, -0.15) is 17.0 Å². The van der Waals surface area contributed by atoms with Gasteiger partial charge in [-0.1, -0.05) is 0 Å². The van der Waals surface area contributed by atoms with Gasteiger partial charge in [0, 0.05) is 19.6 Å². The van der Waals surface area contributed by atoms with E-state index in [1.54, 1.807) is 0 Å². The van der Waals surface area contributed by atoms with Gasteiger partial charge in [-0.05, 0) is 25.7 Å². The van der Waals surface area contributed by atoms with Crippen molar-refractivity contribution >= 4 is 16.2 Å². The molecule has 0 aromatic heterocycles. The topological polar surface area (TPSA) is 77.9 Å². The number of hydrogen-bond donors (Lipinski definition) is 1. The molecule has 0 spiro atoms. The first-order valence-electron chi connectivity index (χ1n) is 5.53. The molecule has 92 valence electrons. The lowest BCUT2D eigenvalue weighted by Crippen LogP contribution is -2.56. The van der Waals surface area contributed by atoms with Crippen LogP contribution < -0.4 is 0 Å². The van der Waals surface area contributed by atoms with Crippen LogP contribution in [-0.2, 0) is 15.0 Å². The second-order valence-electron chi connectivity index (χ2n) is 4.22. The molecule has 0 saturated carbocycles. The largest absolute Gasteiger partial charge is 0.480 e. The first kappa shape index (κ1) is 11.8. The maximum absolute atomic E-state index is 12.1. The highest BCUT2D eigenvalue weighted by Crippen LogP contribution is 2.25. The quantitative estimate of drug-likeness (QED) is 0.755. The molecule has 0 radical (unpaired) electrons. The van der Waals surface area contributed by atoms with Crippen molar-refractivity contribution in [3.63, 3.8) is 0 Å². The van der Waals surface area contributed by atoms with Gasteiger partial charge in [-0.3, -0.25) is 4.79 Å². The summed E-state index contributed by atoms with van der Waals surface area (Å²) in [5.74, 6) is -1.04. The maximum Gasteiger partial charge on any atom is 0.322 e. The summed E-state index contributed by atoms with van der Waals surface area (Å²) in [6, 6.07) is -0.876. The van der Waals surface area contributed by atoms with Crippen molar-refractivity contribution in [3.8, 4) is 0 Å². The summed E-state index contributed by atoms with van der Waals surface area (Å²) in [4.78, 5) is 11.0. The molecule has 0 bridgehead atoms. The molecule has 7 heteroatoms. The van der Waals surface area contributed by atoms with E-state index >= 15 is 0 Å². The van der Waals surface area contributed by atoms with E-state index in [1.807, 2.05) is 0 Å². The number of carboxylic acids is 1. The van der Waals surface area contributed by atoms with Crippen LogP contribution in [-0.4, -0.2) is 53.8 Å². The summed E-state index contributed by atoms with van der Waals surface area (Å²) < 4.78 is 26.6. The van der Waals surface area contributed by atoms with Crippen molar-refractivity contribution < 1.29 is 18.3 Å². The Kier molecular flexibility index (Phi) is 3.18. The SMILES string of the molecule is O=C(O)C1CCCCN1S(=O)(=O)N1CCC1. The molecular weight excluding hydrogens is 232 g/mol. The van der Waals surface area contributed by atoms with E-state index in [2.05, 4.69) is 0 Å². The molecule has 0 aliphatic carbocycles. The van der Waals surface area contributed by atoms with E-state index in [0.717, 1.165) is 23.6 Å². The number of carboxylic acid groups (broad SMARTS) is 1. The molecule has 2 saturated heterocycles. The van der Waals surface area contributed by atoms with Crippen molar-refractivity contribution in [1.82, 2.24) is 8.61 Å². The highest BCUT2D eigenvalue weighted by atomic mass is 32.2. The van der Waals surface area contributed by atoms with E-state index < -0.39 is 22.2 Å². The molecule has 16 heavy (non-hydrogen) atoms. The number of carbonyl (C=O) groups is 1. The van der Waals surface area contributed by atoms with Gasteiger partial charge in [0.05, 0.1) is 0 Å². The number of aliphatic carboxylic acids is 1. The third-order valence-corrected chi connectivity index (χ3v) is 5.22. The highest BCUT2D eigenvalue weighted by Gasteiger charge is 2.41. The molecule has 2 rings (SSSR count). The van der Waals surface area contributed by atoms with Crippen molar-refractivity contribution in [2.24, 2.45) is 0 Å². The van der Waals surface area contributed by atoms with Gasteiger partial charge in [0.2, 0.25) is 0 Å². The van der Waals surface area contributed by atoms with Crippen molar-refractivity contribution in [2.75, 3.05) is 19.6 Å². The Balaban J connectivity index is 2.19. The van der Waals surface area contributed by atoms with Gasteiger partial charge >= 0.3 is 5.97 Å². The van der Waals surface area contributed by atoms with E-state index in [1.165, 1.54) is 4.31 Å². The van der Waals surface area contributed by atoms with Gasteiger partial charge in [0.25, 0.3) is 10.2 Å². The Labute approximate surface area is 95.0 Å². The first-order chi connectivity index (χ1) is 7.53. The summed E-state index contributed by atoms with van der Waals surface area (Å²) in [5, 5.41) is 9.02. The average molecular weight is 248 g/mol. The fourth-order valence-corrected chi connectivity index (χ4v) is 3.99. The van der Waals surface area contributed by atoms with E-state index in [0.29, 0.717) is 26.1 Å². The molecule has 2 aliphatic rings. The molecule has 0 aromatic rings. The lowest BCUT2D eigenvalue weighted by molar-refractivity contribution is -0.142. The molecule has 1 N–H and O–H groups in total. The summed E-state index contributed by atoms with van der Waals surface area (Å²) in [6.07, 6.45) is 2.81. The highest BCUT2D eigenvalue weighted by molar-refractivity contribution is 7.86. The number of rotatable bonds is 3. The number of nitrogens with zero attached hydrogens (tertiary/aromatic N) is 2. The Bertz CT molecular complexity index is 377. The lowest BCUT2D eigenvalue weighted by atomic mass is 10.1. The van der Waals surface area contributed by atoms with Crippen LogP contribution in [0.2, 0.25) is 0 Å². The van der Waals surface area contributed by atoms with Crippen molar-refractivity contribution in [1.29, 1.82) is 0 Å². The van der Waals surface area contributed by atoms with Crippen LogP contribution in [0.1, 0.15) is 25.7 Å². The second-order valence-corrected chi connectivity index (χ2v) is 6.10. The Hall–Kier alpha value is -0.660. The summed E-state index contributed by atoms with van der Waals surface area (Å²) in [5.41, 5.74) is 0. The minimum absolute atomic E-state index is 0.329. The molecular formula is C9H16N2O4S. The predicted molar refractivity (Wildman–Crippen MR) is 57.1 cm³/mol. The third-order valence-electron chi connectivity index (χ3n) is 3.18. The zero-order valence-corrected chi connectivity index (χ0v) is 9.82. The maximum atomic E-state index is 12.1. The Morgan fingerprint density at radius 2 is 1.81 bits per heavy atom. The molecule has 0 aromatic carbocycles. The normalized spacial score (nSPS) is 28.6. The van der Waals surface area contributed by atoms with Crippen LogP contribution in [0.25, 0.3) is 0 Å². The van der Waals surface area contributed by atoms with Crippen LogP contribution in [0.4, 0.5) is 0 Å². The summed E-state index contributed by atoms with van der Waals surface area (Å²) in [6.45, 7) is 1.37. The molecule has 1 unspecified atom stereocenters. The fourth-order valence-electron chi connectivity index (χ4n) is 2.09. The smallest absolute Gasteiger partial charge is 0.322 e. The van der Waals surface area contributed by atoms with E-state index in [9.17, 15) is 13.2 Å². The monoisotopic (exact) mass is 248 g/mol. The summed E-state index contributed by atoms with van der Waals surface area (Å²) in [7, 11) is -3.53. The van der Waals surface area contributed by atoms with Gasteiger partial charge in [-0.25, -0.2) is 0 Å². The number of piperidine rings is 1.